The van der Waals surface area contributed by atoms with Crippen molar-refractivity contribution in [3.63, 3.8) is 0 Å². The molecule has 1 aromatic carbocycles. The van der Waals surface area contributed by atoms with Crippen molar-refractivity contribution in [2.24, 2.45) is 22.6 Å². The highest BCUT2D eigenvalue weighted by Crippen LogP contribution is 2.37. The first-order chi connectivity index (χ1) is 10.1. The maximum absolute atomic E-state index is 6.37. The zero-order valence-electron chi connectivity index (χ0n) is 12.6. The third-order valence-electron chi connectivity index (χ3n) is 4.50. The summed E-state index contributed by atoms with van der Waals surface area (Å²) in [6.07, 6.45) is 4.69. The number of guanidine groups is 1. The summed E-state index contributed by atoms with van der Waals surface area (Å²) in [5.74, 6) is 1.79. The summed E-state index contributed by atoms with van der Waals surface area (Å²) in [5.41, 5.74) is 8.60. The third-order valence-corrected chi connectivity index (χ3v) is 4.82. The molecular formula is C17H22ClN3. The number of nitrogens with zero attached hydrogens (tertiary/aromatic N) is 2. The minimum Gasteiger partial charge on any atom is -0.370 e. The van der Waals surface area contributed by atoms with E-state index in [0.717, 1.165) is 23.7 Å². The summed E-state index contributed by atoms with van der Waals surface area (Å²) >= 11 is 6.37. The summed E-state index contributed by atoms with van der Waals surface area (Å²) in [6.45, 7) is 5.28. The normalized spacial score (nSPS) is 29.3. The molecule has 1 aromatic rings. The molecule has 21 heavy (non-hydrogen) atoms. The largest absolute Gasteiger partial charge is 0.370 e. The van der Waals surface area contributed by atoms with Gasteiger partial charge in [0.05, 0.1) is 23.3 Å². The Morgan fingerprint density at radius 2 is 2.10 bits per heavy atom. The topological polar surface area (TPSA) is 41.6 Å². The van der Waals surface area contributed by atoms with Gasteiger partial charge in [-0.25, -0.2) is 0 Å². The Morgan fingerprint density at radius 3 is 2.81 bits per heavy atom. The molecule has 0 spiro atoms. The van der Waals surface area contributed by atoms with Crippen LogP contribution in [0.2, 0.25) is 5.02 Å². The molecule has 2 aliphatic rings. The molecule has 3 nitrogen and oxygen atoms in total. The van der Waals surface area contributed by atoms with E-state index in [2.05, 4.69) is 29.8 Å². The van der Waals surface area contributed by atoms with Crippen LogP contribution in [0.4, 0.5) is 5.69 Å². The van der Waals surface area contributed by atoms with E-state index in [1.165, 1.54) is 12.0 Å². The van der Waals surface area contributed by atoms with Crippen LogP contribution >= 0.6 is 11.6 Å². The van der Waals surface area contributed by atoms with E-state index in [4.69, 9.17) is 17.3 Å². The van der Waals surface area contributed by atoms with Crippen LogP contribution in [0.25, 0.3) is 0 Å². The van der Waals surface area contributed by atoms with E-state index in [-0.39, 0.29) is 0 Å². The summed E-state index contributed by atoms with van der Waals surface area (Å²) < 4.78 is 0. The van der Waals surface area contributed by atoms with Crippen molar-refractivity contribution in [1.82, 2.24) is 0 Å². The number of hydrogen-bond donors (Lipinski definition) is 1. The molecule has 1 aliphatic carbocycles. The first kappa shape index (κ1) is 14.5. The smallest absolute Gasteiger partial charge is 0.196 e. The molecule has 4 heteroatoms. The lowest BCUT2D eigenvalue weighted by atomic mass is 9.79. The SMILES string of the molecule is CC1=CC(C)CC(C2CN=C(N)N2c2ccccc2Cl)C1. The van der Waals surface area contributed by atoms with Crippen molar-refractivity contribution < 1.29 is 0 Å². The van der Waals surface area contributed by atoms with Crippen LogP contribution in [0, 0.1) is 11.8 Å². The van der Waals surface area contributed by atoms with Gasteiger partial charge in [-0.1, -0.05) is 42.3 Å². The molecule has 0 bridgehead atoms. The predicted octanol–water partition coefficient (Wildman–Crippen LogP) is 3.84. The Bertz CT molecular complexity index is 593. The van der Waals surface area contributed by atoms with Crippen molar-refractivity contribution in [2.75, 3.05) is 11.4 Å². The highest BCUT2D eigenvalue weighted by atomic mass is 35.5. The van der Waals surface area contributed by atoms with E-state index in [0.29, 0.717) is 23.8 Å². The molecule has 0 fully saturated rings. The van der Waals surface area contributed by atoms with E-state index in [1.807, 2.05) is 24.3 Å². The van der Waals surface area contributed by atoms with Gasteiger partial charge in [-0.05, 0) is 43.7 Å². The standard InChI is InChI=1S/C17H22ClN3/c1-11-7-12(2)9-13(8-11)16-10-20-17(19)21(16)15-6-4-3-5-14(15)18/h3-7,11,13,16H,8-10H2,1-2H3,(H2,19,20). The van der Waals surface area contributed by atoms with Crippen molar-refractivity contribution in [3.05, 3.63) is 40.9 Å². The lowest BCUT2D eigenvalue weighted by Gasteiger charge is -2.36. The van der Waals surface area contributed by atoms with Crippen molar-refractivity contribution in [2.45, 2.75) is 32.7 Å². The number of hydrogen-bond acceptors (Lipinski definition) is 3. The quantitative estimate of drug-likeness (QED) is 0.844. The van der Waals surface area contributed by atoms with Crippen molar-refractivity contribution >= 4 is 23.2 Å². The van der Waals surface area contributed by atoms with Crippen molar-refractivity contribution in [3.8, 4) is 0 Å². The fourth-order valence-electron chi connectivity index (χ4n) is 3.71. The number of nitrogens with two attached hydrogens (primary N) is 1. The zero-order valence-corrected chi connectivity index (χ0v) is 13.3. The molecule has 0 saturated heterocycles. The Morgan fingerprint density at radius 1 is 1.33 bits per heavy atom. The van der Waals surface area contributed by atoms with Gasteiger partial charge in [0.15, 0.2) is 5.96 Å². The fraction of sp³-hybridized carbons (Fsp3) is 0.471. The molecule has 0 saturated carbocycles. The van der Waals surface area contributed by atoms with Crippen LogP contribution in [0.1, 0.15) is 26.7 Å². The third kappa shape index (κ3) is 2.80. The van der Waals surface area contributed by atoms with E-state index in [1.54, 1.807) is 0 Å². The average Bonchev–Trinajstić information content (AvgIpc) is 2.80. The summed E-state index contributed by atoms with van der Waals surface area (Å²) in [4.78, 5) is 6.62. The Labute approximate surface area is 131 Å². The fourth-order valence-corrected chi connectivity index (χ4v) is 3.94. The van der Waals surface area contributed by atoms with Crippen LogP contribution in [-0.4, -0.2) is 18.5 Å². The molecule has 3 rings (SSSR count). The lowest BCUT2D eigenvalue weighted by molar-refractivity contribution is 0.350. The lowest BCUT2D eigenvalue weighted by Crippen LogP contribution is -2.46. The number of anilines is 1. The number of para-hydroxylation sites is 1. The van der Waals surface area contributed by atoms with E-state index in [9.17, 15) is 0 Å². The number of aliphatic imine (C=N–C) groups is 1. The number of allylic oxidation sites excluding steroid dienone is 2. The minimum absolute atomic E-state index is 0.316. The first-order valence-electron chi connectivity index (χ1n) is 7.57. The summed E-state index contributed by atoms with van der Waals surface area (Å²) in [7, 11) is 0. The zero-order chi connectivity index (χ0) is 15.0. The van der Waals surface area contributed by atoms with Gasteiger partial charge < -0.3 is 10.6 Å². The van der Waals surface area contributed by atoms with Gasteiger partial charge in [-0.2, -0.15) is 0 Å². The Balaban J connectivity index is 1.90. The van der Waals surface area contributed by atoms with Gasteiger partial charge in [0.1, 0.15) is 0 Å². The second-order valence-electron chi connectivity index (χ2n) is 6.28. The second kappa shape index (κ2) is 5.72. The molecule has 3 atom stereocenters. The average molecular weight is 304 g/mol. The van der Waals surface area contributed by atoms with E-state index >= 15 is 0 Å². The molecule has 1 aliphatic heterocycles. The van der Waals surface area contributed by atoms with Crippen LogP contribution < -0.4 is 10.6 Å². The van der Waals surface area contributed by atoms with Gasteiger partial charge in [0.2, 0.25) is 0 Å². The predicted molar refractivity (Wildman–Crippen MR) is 89.9 cm³/mol. The van der Waals surface area contributed by atoms with Gasteiger partial charge in [0.25, 0.3) is 0 Å². The molecule has 112 valence electrons. The van der Waals surface area contributed by atoms with Gasteiger partial charge in [-0.15, -0.1) is 0 Å². The molecule has 0 radical (unpaired) electrons. The maximum Gasteiger partial charge on any atom is 0.196 e. The maximum atomic E-state index is 6.37. The monoisotopic (exact) mass is 303 g/mol. The van der Waals surface area contributed by atoms with E-state index < -0.39 is 0 Å². The first-order valence-corrected chi connectivity index (χ1v) is 7.95. The van der Waals surface area contributed by atoms with Gasteiger partial charge >= 0.3 is 0 Å². The molecule has 3 unspecified atom stereocenters. The minimum atomic E-state index is 0.316. The number of benzene rings is 1. The summed E-state index contributed by atoms with van der Waals surface area (Å²) in [5, 5.41) is 0.735. The Hall–Kier alpha value is -1.48. The van der Waals surface area contributed by atoms with Gasteiger partial charge in [0, 0.05) is 0 Å². The van der Waals surface area contributed by atoms with Gasteiger partial charge in [-0.3, -0.25) is 4.99 Å². The second-order valence-corrected chi connectivity index (χ2v) is 6.69. The molecule has 0 aromatic heterocycles. The number of halogens is 1. The van der Waals surface area contributed by atoms with Crippen LogP contribution in [0.5, 0.6) is 0 Å². The number of rotatable bonds is 2. The molecule has 1 heterocycles. The van der Waals surface area contributed by atoms with Crippen LogP contribution in [0.15, 0.2) is 40.9 Å². The molecular weight excluding hydrogens is 282 g/mol. The Kier molecular flexibility index (Phi) is 3.94. The van der Waals surface area contributed by atoms with Crippen LogP contribution in [-0.2, 0) is 0 Å². The molecule has 2 N–H and O–H groups in total. The van der Waals surface area contributed by atoms with Crippen LogP contribution in [0.3, 0.4) is 0 Å². The highest BCUT2D eigenvalue weighted by molar-refractivity contribution is 6.33. The highest BCUT2D eigenvalue weighted by Gasteiger charge is 2.36. The summed E-state index contributed by atoms with van der Waals surface area (Å²) in [6, 6.07) is 8.20. The van der Waals surface area contributed by atoms with Crippen molar-refractivity contribution in [1.29, 1.82) is 0 Å². The molecule has 0 amide bonds.